The fourth-order valence-corrected chi connectivity index (χ4v) is 9.95. The van der Waals surface area contributed by atoms with E-state index >= 15 is 0 Å². The summed E-state index contributed by atoms with van der Waals surface area (Å²) in [4.78, 5) is 3.92. The third kappa shape index (κ3) is 3.95. The summed E-state index contributed by atoms with van der Waals surface area (Å²) in [5.74, 6) is 4.85. The first-order valence-corrected chi connectivity index (χ1v) is 13.6. The molecule has 0 aliphatic heterocycles. The van der Waals surface area contributed by atoms with Crippen molar-refractivity contribution in [2.45, 2.75) is 96.8 Å². The molecule has 4 fully saturated rings. The quantitative estimate of drug-likeness (QED) is 0.502. The topological polar surface area (TPSA) is 33.1 Å². The van der Waals surface area contributed by atoms with E-state index in [1.165, 1.54) is 61.7 Å². The van der Waals surface area contributed by atoms with Crippen LogP contribution in [0.25, 0.3) is 0 Å². The number of rotatable bonds is 3. The van der Waals surface area contributed by atoms with Gasteiger partial charge < -0.3 is 5.11 Å². The van der Waals surface area contributed by atoms with Gasteiger partial charge in [0.2, 0.25) is 0 Å². The molecular formula is C26H38F3NOS. The molecule has 9 atom stereocenters. The van der Waals surface area contributed by atoms with Crippen LogP contribution < -0.4 is 0 Å². The number of nitrogens with zero attached hydrogens (tertiary/aromatic N) is 1. The Morgan fingerprint density at radius 1 is 1.06 bits per heavy atom. The maximum absolute atomic E-state index is 13.0. The molecule has 0 radical (unpaired) electrons. The number of fused-ring (bicyclic) bond motifs is 5. The summed E-state index contributed by atoms with van der Waals surface area (Å²) >= 11 is 1.17. The molecule has 1 aromatic rings. The second-order valence-electron chi connectivity index (χ2n) is 12.2. The van der Waals surface area contributed by atoms with Crippen LogP contribution in [-0.2, 0) is 12.6 Å². The van der Waals surface area contributed by atoms with E-state index in [0.717, 1.165) is 36.5 Å². The van der Waals surface area contributed by atoms with Crippen molar-refractivity contribution in [2.75, 3.05) is 0 Å². The number of hydrogen-bond acceptors (Lipinski definition) is 3. The van der Waals surface area contributed by atoms with Crippen LogP contribution in [-0.4, -0.2) is 15.7 Å². The molecule has 1 N–H and O–H groups in total. The molecule has 6 heteroatoms. The van der Waals surface area contributed by atoms with Crippen LogP contribution in [0.5, 0.6) is 0 Å². The zero-order valence-electron chi connectivity index (χ0n) is 19.6. The van der Waals surface area contributed by atoms with Crippen LogP contribution in [0.15, 0.2) is 5.38 Å². The highest BCUT2D eigenvalue weighted by molar-refractivity contribution is 7.09. The number of alkyl halides is 3. The Balaban J connectivity index is 1.28. The normalized spacial score (nSPS) is 45.1. The molecule has 0 amide bonds. The maximum Gasteiger partial charge on any atom is 0.434 e. The van der Waals surface area contributed by atoms with Gasteiger partial charge in [0.05, 0.1) is 10.6 Å². The summed E-state index contributed by atoms with van der Waals surface area (Å²) in [6.07, 6.45) is 7.10. The fraction of sp³-hybridized carbons (Fsp3) is 0.885. The SMILES string of the molecule is C[C@@H](Cc1nc(C(F)(F)F)cs1)C1CC[C@H]2[C@@H]3CC[C@@H]4C[C@](C)(O)CC[C@@H]4[C@H]3CC[C@]12C. The van der Waals surface area contributed by atoms with Crippen molar-refractivity contribution in [3.05, 3.63) is 16.1 Å². The molecule has 1 aromatic heterocycles. The summed E-state index contributed by atoms with van der Waals surface area (Å²) in [5.41, 5.74) is -0.881. The highest BCUT2D eigenvalue weighted by Crippen LogP contribution is 2.65. The van der Waals surface area contributed by atoms with Crippen molar-refractivity contribution < 1.29 is 18.3 Å². The summed E-state index contributed by atoms with van der Waals surface area (Å²) in [6.45, 7) is 6.78. The summed E-state index contributed by atoms with van der Waals surface area (Å²) < 4.78 is 38.9. The Hall–Kier alpha value is -0.620. The van der Waals surface area contributed by atoms with Crippen molar-refractivity contribution in [2.24, 2.45) is 46.8 Å². The number of halogens is 3. The first-order chi connectivity index (χ1) is 15.0. The molecule has 4 saturated carbocycles. The van der Waals surface area contributed by atoms with E-state index in [4.69, 9.17) is 0 Å². The van der Waals surface area contributed by atoms with E-state index in [0.29, 0.717) is 34.6 Å². The van der Waals surface area contributed by atoms with Crippen LogP contribution in [0, 0.1) is 46.8 Å². The zero-order chi connectivity index (χ0) is 22.9. The molecule has 1 heterocycles. The summed E-state index contributed by atoms with van der Waals surface area (Å²) in [5, 5.41) is 12.4. The first-order valence-electron chi connectivity index (χ1n) is 12.7. The molecular weight excluding hydrogens is 431 g/mol. The van der Waals surface area contributed by atoms with Gasteiger partial charge >= 0.3 is 6.18 Å². The molecule has 0 aromatic carbocycles. The number of hydrogen-bond donors (Lipinski definition) is 1. The molecule has 180 valence electrons. The van der Waals surface area contributed by atoms with Crippen LogP contribution in [0.3, 0.4) is 0 Å². The predicted molar refractivity (Wildman–Crippen MR) is 121 cm³/mol. The standard InChI is InChI=1S/C26H38F3NOS/c1-15(12-23-30-22(14-32-23)26(27,28)29)20-6-7-21-19-5-4-16-13-24(2,31)10-8-17(16)18(19)9-11-25(20,21)3/h14-21,31H,4-13H2,1-3H3/t15-,16+,17-,18+,19+,20?,21-,24+,25+/m0/s1. The first kappa shape index (κ1) is 23.1. The Morgan fingerprint density at radius 2 is 1.81 bits per heavy atom. The number of thiazole rings is 1. The number of aliphatic hydroxyl groups is 1. The average molecular weight is 470 g/mol. The minimum atomic E-state index is -4.34. The maximum atomic E-state index is 13.0. The van der Waals surface area contributed by atoms with E-state index < -0.39 is 17.5 Å². The molecule has 5 rings (SSSR count). The minimum absolute atomic E-state index is 0.317. The van der Waals surface area contributed by atoms with E-state index in [9.17, 15) is 18.3 Å². The van der Waals surface area contributed by atoms with Crippen LogP contribution in [0.1, 0.15) is 89.3 Å². The van der Waals surface area contributed by atoms with Crippen molar-refractivity contribution >= 4 is 11.3 Å². The van der Waals surface area contributed by atoms with Gasteiger partial charge in [-0.3, -0.25) is 0 Å². The van der Waals surface area contributed by atoms with Gasteiger partial charge in [-0.25, -0.2) is 4.98 Å². The summed E-state index contributed by atoms with van der Waals surface area (Å²) in [6, 6.07) is 0. The smallest absolute Gasteiger partial charge is 0.390 e. The lowest BCUT2D eigenvalue weighted by Gasteiger charge is -2.57. The average Bonchev–Trinajstić information content (AvgIpc) is 3.30. The molecule has 0 spiro atoms. The van der Waals surface area contributed by atoms with Crippen molar-refractivity contribution in [1.29, 1.82) is 0 Å². The zero-order valence-corrected chi connectivity index (χ0v) is 20.4. The van der Waals surface area contributed by atoms with Gasteiger partial charge in [-0.15, -0.1) is 11.3 Å². The largest absolute Gasteiger partial charge is 0.434 e. The molecule has 0 bridgehead atoms. The predicted octanol–water partition coefficient (Wildman–Crippen LogP) is 7.36. The van der Waals surface area contributed by atoms with Gasteiger partial charge in [-0.05, 0) is 112 Å². The van der Waals surface area contributed by atoms with Gasteiger partial charge in [0.15, 0.2) is 5.69 Å². The van der Waals surface area contributed by atoms with Gasteiger partial charge in [0, 0.05) is 11.8 Å². The van der Waals surface area contributed by atoms with Crippen LogP contribution in [0.4, 0.5) is 13.2 Å². The van der Waals surface area contributed by atoms with E-state index in [1.807, 2.05) is 6.92 Å². The molecule has 0 saturated heterocycles. The lowest BCUT2D eigenvalue weighted by molar-refractivity contribution is -0.140. The van der Waals surface area contributed by atoms with Crippen molar-refractivity contribution in [3.63, 3.8) is 0 Å². The minimum Gasteiger partial charge on any atom is -0.390 e. The Morgan fingerprint density at radius 3 is 2.53 bits per heavy atom. The fourth-order valence-electron chi connectivity index (χ4n) is 9.01. The molecule has 4 aliphatic carbocycles. The van der Waals surface area contributed by atoms with Gasteiger partial charge in [0.25, 0.3) is 0 Å². The van der Waals surface area contributed by atoms with Gasteiger partial charge in [-0.1, -0.05) is 13.8 Å². The molecule has 1 unspecified atom stereocenters. The van der Waals surface area contributed by atoms with Gasteiger partial charge in [-0.2, -0.15) is 13.2 Å². The second kappa shape index (κ2) is 7.96. The van der Waals surface area contributed by atoms with Crippen molar-refractivity contribution in [3.8, 4) is 0 Å². The van der Waals surface area contributed by atoms with Crippen molar-refractivity contribution in [1.82, 2.24) is 4.98 Å². The lowest BCUT2D eigenvalue weighted by atomic mass is 9.48. The third-order valence-electron chi connectivity index (χ3n) is 10.3. The highest BCUT2D eigenvalue weighted by atomic mass is 32.1. The Bertz CT molecular complexity index is 835. The third-order valence-corrected chi connectivity index (χ3v) is 11.2. The molecule has 4 aliphatic rings. The molecule has 32 heavy (non-hydrogen) atoms. The monoisotopic (exact) mass is 469 g/mol. The number of aromatic nitrogens is 1. The van der Waals surface area contributed by atoms with E-state index in [2.05, 4.69) is 18.8 Å². The summed E-state index contributed by atoms with van der Waals surface area (Å²) in [7, 11) is 0. The van der Waals surface area contributed by atoms with E-state index in [-0.39, 0.29) is 0 Å². The highest BCUT2D eigenvalue weighted by Gasteiger charge is 2.58. The van der Waals surface area contributed by atoms with Crippen LogP contribution in [0.2, 0.25) is 0 Å². The van der Waals surface area contributed by atoms with E-state index in [1.54, 1.807) is 0 Å². The van der Waals surface area contributed by atoms with Crippen LogP contribution >= 0.6 is 11.3 Å². The Labute approximate surface area is 194 Å². The Kier molecular flexibility index (Phi) is 5.76. The second-order valence-corrected chi connectivity index (χ2v) is 13.2. The molecule has 2 nitrogen and oxygen atoms in total. The van der Waals surface area contributed by atoms with Gasteiger partial charge in [0.1, 0.15) is 0 Å². The lowest BCUT2D eigenvalue weighted by Crippen LogP contribution is -2.50.